The molecule has 0 bridgehead atoms. The molecule has 144 valence electrons. The van der Waals surface area contributed by atoms with Gasteiger partial charge in [0.25, 0.3) is 5.91 Å². The summed E-state index contributed by atoms with van der Waals surface area (Å²) in [6.45, 7) is 3.83. The van der Waals surface area contributed by atoms with Gasteiger partial charge in [-0.2, -0.15) is 5.26 Å². The summed E-state index contributed by atoms with van der Waals surface area (Å²) >= 11 is 0. The number of nitrogens with one attached hydrogen (secondary N) is 1. The maximum absolute atomic E-state index is 13.0. The van der Waals surface area contributed by atoms with E-state index >= 15 is 0 Å². The summed E-state index contributed by atoms with van der Waals surface area (Å²) in [5.74, 6) is -1.12. The molecule has 0 aliphatic rings. The lowest BCUT2D eigenvalue weighted by molar-refractivity contribution is -0.125. The standard InChI is InChI=1S/C24H20N2O3/c1-16-11-12-17(2)21(13-16)26-23(27)22(19-8-4-3-5-9-19)29-24(28)20-10-6-7-18(14-20)15-25/h3-14,22H,1-2H3,(H,26,27)/t22-/m0/s1. The zero-order valence-electron chi connectivity index (χ0n) is 16.2. The molecule has 1 N–H and O–H groups in total. The summed E-state index contributed by atoms with van der Waals surface area (Å²) in [6, 6.07) is 22.7. The molecule has 0 saturated heterocycles. The predicted molar refractivity (Wildman–Crippen MR) is 110 cm³/mol. The van der Waals surface area contributed by atoms with Crippen LogP contribution in [0.2, 0.25) is 0 Å². The van der Waals surface area contributed by atoms with Crippen LogP contribution >= 0.6 is 0 Å². The fourth-order valence-electron chi connectivity index (χ4n) is 2.86. The third-order valence-corrected chi connectivity index (χ3v) is 4.44. The second-order valence-corrected chi connectivity index (χ2v) is 6.70. The van der Waals surface area contributed by atoms with Gasteiger partial charge in [-0.3, -0.25) is 4.79 Å². The van der Waals surface area contributed by atoms with Gasteiger partial charge in [0, 0.05) is 11.3 Å². The Labute approximate surface area is 169 Å². The maximum Gasteiger partial charge on any atom is 0.339 e. The molecule has 3 rings (SSSR count). The number of nitrogens with zero attached hydrogens (tertiary/aromatic N) is 1. The van der Waals surface area contributed by atoms with Crippen molar-refractivity contribution < 1.29 is 14.3 Å². The summed E-state index contributed by atoms with van der Waals surface area (Å²) in [6.07, 6.45) is -1.13. The molecule has 0 spiro atoms. The highest BCUT2D eigenvalue weighted by Gasteiger charge is 2.26. The van der Waals surface area contributed by atoms with E-state index in [2.05, 4.69) is 5.32 Å². The zero-order chi connectivity index (χ0) is 20.8. The lowest BCUT2D eigenvalue weighted by atomic mass is 10.1. The van der Waals surface area contributed by atoms with Crippen LogP contribution in [0.1, 0.15) is 38.7 Å². The van der Waals surface area contributed by atoms with E-state index in [-0.39, 0.29) is 5.56 Å². The van der Waals surface area contributed by atoms with Crippen LogP contribution < -0.4 is 5.32 Å². The minimum Gasteiger partial charge on any atom is -0.444 e. The summed E-state index contributed by atoms with van der Waals surface area (Å²) in [5.41, 5.74) is 3.69. The van der Waals surface area contributed by atoms with E-state index in [0.29, 0.717) is 16.8 Å². The third kappa shape index (κ3) is 4.88. The molecule has 0 saturated carbocycles. The Bertz CT molecular complexity index is 1080. The van der Waals surface area contributed by atoms with Gasteiger partial charge < -0.3 is 10.1 Å². The van der Waals surface area contributed by atoms with Crippen LogP contribution in [0.3, 0.4) is 0 Å². The number of nitriles is 1. The molecule has 5 nitrogen and oxygen atoms in total. The van der Waals surface area contributed by atoms with Gasteiger partial charge >= 0.3 is 5.97 Å². The van der Waals surface area contributed by atoms with Crippen molar-refractivity contribution in [1.82, 2.24) is 0 Å². The normalized spacial score (nSPS) is 11.2. The molecular formula is C24H20N2O3. The Hall–Kier alpha value is -3.91. The summed E-state index contributed by atoms with van der Waals surface area (Å²) in [7, 11) is 0. The van der Waals surface area contributed by atoms with Crippen LogP contribution in [-0.4, -0.2) is 11.9 Å². The van der Waals surface area contributed by atoms with Gasteiger partial charge in [0.1, 0.15) is 0 Å². The first kappa shape index (κ1) is 19.8. The number of carbonyl (C=O) groups excluding carboxylic acids is 2. The van der Waals surface area contributed by atoms with E-state index < -0.39 is 18.0 Å². The fraction of sp³-hybridized carbons (Fsp3) is 0.125. The lowest BCUT2D eigenvalue weighted by Gasteiger charge is -2.19. The number of carbonyl (C=O) groups is 2. The molecule has 5 heteroatoms. The molecule has 0 aromatic heterocycles. The second-order valence-electron chi connectivity index (χ2n) is 6.70. The topological polar surface area (TPSA) is 79.2 Å². The molecule has 3 aromatic carbocycles. The number of aryl methyl sites for hydroxylation is 2. The maximum atomic E-state index is 13.0. The SMILES string of the molecule is Cc1ccc(C)c(NC(=O)[C@@H](OC(=O)c2cccc(C#N)c2)c2ccccc2)c1. The largest absolute Gasteiger partial charge is 0.444 e. The number of anilines is 1. The molecule has 29 heavy (non-hydrogen) atoms. The van der Waals surface area contributed by atoms with Crippen LogP contribution in [0.25, 0.3) is 0 Å². The van der Waals surface area contributed by atoms with Crippen molar-refractivity contribution in [3.63, 3.8) is 0 Å². The first-order valence-corrected chi connectivity index (χ1v) is 9.12. The Balaban J connectivity index is 1.88. The fourth-order valence-corrected chi connectivity index (χ4v) is 2.86. The van der Waals surface area contributed by atoms with Crippen LogP contribution in [0, 0.1) is 25.2 Å². The number of benzene rings is 3. The first-order chi connectivity index (χ1) is 14.0. The Morgan fingerprint density at radius 3 is 2.45 bits per heavy atom. The van der Waals surface area contributed by atoms with Crippen molar-refractivity contribution in [3.8, 4) is 6.07 Å². The molecule has 1 atom stereocenters. The van der Waals surface area contributed by atoms with Gasteiger partial charge in [-0.05, 0) is 49.2 Å². The Morgan fingerprint density at radius 2 is 1.72 bits per heavy atom. The van der Waals surface area contributed by atoms with Crippen molar-refractivity contribution >= 4 is 17.6 Å². The van der Waals surface area contributed by atoms with Gasteiger partial charge in [-0.25, -0.2) is 4.79 Å². The van der Waals surface area contributed by atoms with E-state index in [4.69, 9.17) is 10.00 Å². The minimum atomic E-state index is -1.13. The number of ether oxygens (including phenoxy) is 1. The molecule has 0 unspecified atom stereocenters. The van der Waals surface area contributed by atoms with E-state index in [1.807, 2.05) is 44.2 Å². The molecule has 0 fully saturated rings. The highest BCUT2D eigenvalue weighted by Crippen LogP contribution is 2.24. The summed E-state index contributed by atoms with van der Waals surface area (Å²) in [5, 5.41) is 11.9. The molecular weight excluding hydrogens is 364 g/mol. The van der Waals surface area contributed by atoms with Crippen LogP contribution in [0.5, 0.6) is 0 Å². The van der Waals surface area contributed by atoms with Crippen LogP contribution in [0.15, 0.2) is 72.8 Å². The first-order valence-electron chi connectivity index (χ1n) is 9.12. The van der Waals surface area contributed by atoms with Gasteiger partial charge in [-0.15, -0.1) is 0 Å². The smallest absolute Gasteiger partial charge is 0.339 e. The highest BCUT2D eigenvalue weighted by molar-refractivity contribution is 5.98. The number of rotatable bonds is 5. The van der Waals surface area contributed by atoms with Crippen molar-refractivity contribution in [1.29, 1.82) is 5.26 Å². The molecule has 0 aliphatic carbocycles. The van der Waals surface area contributed by atoms with Gasteiger partial charge in [0.05, 0.1) is 17.2 Å². The van der Waals surface area contributed by atoms with Crippen molar-refractivity contribution in [2.45, 2.75) is 20.0 Å². The second kappa shape index (κ2) is 8.85. The lowest BCUT2D eigenvalue weighted by Crippen LogP contribution is -2.26. The number of amides is 1. The average Bonchev–Trinajstić information content (AvgIpc) is 2.75. The summed E-state index contributed by atoms with van der Waals surface area (Å²) < 4.78 is 5.57. The predicted octanol–water partition coefficient (Wildman–Crippen LogP) is 4.71. The third-order valence-electron chi connectivity index (χ3n) is 4.44. The number of esters is 1. The molecule has 1 amide bonds. The Morgan fingerprint density at radius 1 is 0.966 bits per heavy atom. The monoisotopic (exact) mass is 384 g/mol. The van der Waals surface area contributed by atoms with E-state index in [9.17, 15) is 9.59 Å². The van der Waals surface area contributed by atoms with Gasteiger partial charge in [-0.1, -0.05) is 48.5 Å². The van der Waals surface area contributed by atoms with E-state index in [0.717, 1.165) is 11.1 Å². The van der Waals surface area contributed by atoms with Gasteiger partial charge in [0.2, 0.25) is 6.10 Å². The number of hydrogen-bond donors (Lipinski definition) is 1. The van der Waals surface area contributed by atoms with Crippen LogP contribution in [-0.2, 0) is 9.53 Å². The highest BCUT2D eigenvalue weighted by atomic mass is 16.5. The van der Waals surface area contributed by atoms with Gasteiger partial charge in [0.15, 0.2) is 0 Å². The molecule has 3 aromatic rings. The van der Waals surface area contributed by atoms with Crippen molar-refractivity contribution in [2.75, 3.05) is 5.32 Å². The van der Waals surface area contributed by atoms with Crippen molar-refractivity contribution in [3.05, 3.63) is 101 Å². The number of hydrogen-bond acceptors (Lipinski definition) is 4. The van der Waals surface area contributed by atoms with E-state index in [1.54, 1.807) is 42.5 Å². The minimum absolute atomic E-state index is 0.213. The Kier molecular flexibility index (Phi) is 6.06. The summed E-state index contributed by atoms with van der Waals surface area (Å²) in [4.78, 5) is 25.7. The molecule has 0 heterocycles. The van der Waals surface area contributed by atoms with Crippen molar-refractivity contribution in [2.24, 2.45) is 0 Å². The quantitative estimate of drug-likeness (QED) is 0.646. The van der Waals surface area contributed by atoms with Crippen LogP contribution in [0.4, 0.5) is 5.69 Å². The molecule has 0 radical (unpaired) electrons. The zero-order valence-corrected chi connectivity index (χ0v) is 16.2. The van der Waals surface area contributed by atoms with E-state index in [1.165, 1.54) is 6.07 Å². The average molecular weight is 384 g/mol. The molecule has 0 aliphatic heterocycles.